The van der Waals surface area contributed by atoms with E-state index in [9.17, 15) is 31.6 Å². The normalized spacial score (nSPS) is 19.5. The second-order valence-electron chi connectivity index (χ2n) is 7.24. The van der Waals surface area contributed by atoms with E-state index in [4.69, 9.17) is 4.74 Å². The summed E-state index contributed by atoms with van der Waals surface area (Å²) in [5.74, 6) is -1.07. The van der Waals surface area contributed by atoms with Crippen LogP contribution >= 0.6 is 0 Å². The Bertz CT molecular complexity index is 1160. The summed E-state index contributed by atoms with van der Waals surface area (Å²) in [6, 6.07) is 3.80. The molecule has 0 aliphatic carbocycles. The van der Waals surface area contributed by atoms with Crippen LogP contribution in [0.15, 0.2) is 23.2 Å². The number of pyridine rings is 1. The van der Waals surface area contributed by atoms with E-state index in [1.807, 2.05) is 0 Å². The molecular formula is C18H19F3N6O4S. The number of halogens is 3. The summed E-state index contributed by atoms with van der Waals surface area (Å²) in [6.07, 6.45) is -4.65. The molecule has 32 heavy (non-hydrogen) atoms. The van der Waals surface area contributed by atoms with Crippen LogP contribution in [-0.2, 0) is 25.7 Å². The van der Waals surface area contributed by atoms with E-state index < -0.39 is 33.4 Å². The lowest BCUT2D eigenvalue weighted by atomic mass is 10.2. The standard InChI is InChI=1S/C18H19F3N6O4S/c1-10-8-26(9-11(2)31-10)17-14(6-22)16(18(19,20)21)24-27(17)15-5-4-13(7-23-15)32(29,30)25-12(3)28/h4-5,7,10-11H,8-9H2,1-3H3,(H,25,28)/t10-,11+. The molecule has 0 saturated carbocycles. The van der Waals surface area contributed by atoms with Crippen molar-refractivity contribution in [1.29, 1.82) is 5.26 Å². The fraction of sp³-hybridized carbons (Fsp3) is 0.444. The van der Waals surface area contributed by atoms with Gasteiger partial charge in [-0.3, -0.25) is 4.79 Å². The van der Waals surface area contributed by atoms with Crippen LogP contribution in [0.2, 0.25) is 0 Å². The van der Waals surface area contributed by atoms with Gasteiger partial charge in [0.25, 0.3) is 10.0 Å². The van der Waals surface area contributed by atoms with Gasteiger partial charge in [0.05, 0.1) is 12.2 Å². The average Bonchev–Trinajstić information content (AvgIpc) is 3.06. The molecule has 172 valence electrons. The Morgan fingerprint density at radius 1 is 1.28 bits per heavy atom. The third kappa shape index (κ3) is 4.68. The van der Waals surface area contributed by atoms with Gasteiger partial charge in [-0.1, -0.05) is 0 Å². The van der Waals surface area contributed by atoms with Crippen LogP contribution in [0.1, 0.15) is 32.0 Å². The number of alkyl halides is 3. The van der Waals surface area contributed by atoms with E-state index in [0.717, 1.165) is 29.9 Å². The first-order chi connectivity index (χ1) is 14.8. The maximum absolute atomic E-state index is 13.6. The van der Waals surface area contributed by atoms with Gasteiger partial charge < -0.3 is 9.64 Å². The van der Waals surface area contributed by atoms with Gasteiger partial charge in [-0.15, -0.1) is 0 Å². The number of hydrogen-bond donors (Lipinski definition) is 1. The molecule has 0 aromatic carbocycles. The highest BCUT2D eigenvalue weighted by atomic mass is 32.2. The zero-order chi connectivity index (χ0) is 23.8. The van der Waals surface area contributed by atoms with E-state index in [2.05, 4.69) is 10.1 Å². The Hall–Kier alpha value is -3.18. The van der Waals surface area contributed by atoms with Crippen LogP contribution in [0.5, 0.6) is 0 Å². The maximum atomic E-state index is 13.6. The second kappa shape index (κ2) is 8.40. The minimum absolute atomic E-state index is 0.119. The summed E-state index contributed by atoms with van der Waals surface area (Å²) >= 11 is 0. The topological polar surface area (TPSA) is 130 Å². The number of morpholine rings is 1. The van der Waals surface area contributed by atoms with Crippen LogP contribution in [0, 0.1) is 11.3 Å². The number of carbonyl (C=O) groups excluding carboxylic acids is 1. The molecule has 10 nitrogen and oxygen atoms in total. The lowest BCUT2D eigenvalue weighted by Crippen LogP contribution is -2.46. The van der Waals surface area contributed by atoms with Crippen LogP contribution in [-0.4, -0.2) is 54.4 Å². The number of aromatic nitrogens is 3. The molecule has 0 spiro atoms. The van der Waals surface area contributed by atoms with Crippen molar-refractivity contribution in [2.75, 3.05) is 18.0 Å². The van der Waals surface area contributed by atoms with Gasteiger partial charge in [-0.25, -0.2) is 18.1 Å². The fourth-order valence-electron chi connectivity index (χ4n) is 3.42. The highest BCUT2D eigenvalue weighted by molar-refractivity contribution is 7.90. The average molecular weight is 472 g/mol. The maximum Gasteiger partial charge on any atom is 0.436 e. The fourth-order valence-corrected chi connectivity index (χ4v) is 4.35. The van der Waals surface area contributed by atoms with Crippen molar-refractivity contribution < 1.29 is 31.1 Å². The Kier molecular flexibility index (Phi) is 6.16. The number of nitriles is 1. The minimum atomic E-state index is -4.90. The zero-order valence-corrected chi connectivity index (χ0v) is 18.0. The van der Waals surface area contributed by atoms with Crippen molar-refractivity contribution in [3.8, 4) is 11.9 Å². The lowest BCUT2D eigenvalue weighted by molar-refractivity contribution is -0.141. The zero-order valence-electron chi connectivity index (χ0n) is 17.2. The summed E-state index contributed by atoms with van der Waals surface area (Å²) in [6.45, 7) is 4.93. The van der Waals surface area contributed by atoms with Crippen LogP contribution in [0.4, 0.5) is 19.0 Å². The van der Waals surface area contributed by atoms with Gasteiger partial charge in [0.1, 0.15) is 16.5 Å². The molecule has 14 heteroatoms. The van der Waals surface area contributed by atoms with Gasteiger partial charge in [0, 0.05) is 26.2 Å². The summed E-state index contributed by atoms with van der Waals surface area (Å²) in [5, 5.41) is 13.1. The van der Waals surface area contributed by atoms with Crippen molar-refractivity contribution in [2.24, 2.45) is 0 Å². The molecule has 0 bridgehead atoms. The molecule has 1 saturated heterocycles. The molecule has 1 aliphatic rings. The first-order valence-corrected chi connectivity index (χ1v) is 10.8. The van der Waals surface area contributed by atoms with Gasteiger partial charge in [-0.2, -0.15) is 28.2 Å². The summed E-state index contributed by atoms with van der Waals surface area (Å²) in [4.78, 5) is 16.2. The second-order valence-corrected chi connectivity index (χ2v) is 8.93. The van der Waals surface area contributed by atoms with E-state index in [-0.39, 0.29) is 41.8 Å². The smallest absolute Gasteiger partial charge is 0.372 e. The quantitative estimate of drug-likeness (QED) is 0.710. The van der Waals surface area contributed by atoms with Crippen molar-refractivity contribution in [3.63, 3.8) is 0 Å². The summed E-state index contributed by atoms with van der Waals surface area (Å²) in [5.41, 5.74) is -2.05. The number of nitrogens with zero attached hydrogens (tertiary/aromatic N) is 5. The van der Waals surface area contributed by atoms with E-state index >= 15 is 0 Å². The monoisotopic (exact) mass is 472 g/mol. The Labute approximate surface area is 181 Å². The molecule has 3 rings (SSSR count). The number of rotatable bonds is 4. The van der Waals surface area contributed by atoms with E-state index in [1.165, 1.54) is 0 Å². The SMILES string of the molecule is CC(=O)NS(=O)(=O)c1ccc(-n2nc(C(F)(F)F)c(C#N)c2N2C[C@@H](C)O[C@@H](C)C2)nc1. The lowest BCUT2D eigenvalue weighted by Gasteiger charge is -2.36. The van der Waals surface area contributed by atoms with Crippen LogP contribution in [0.3, 0.4) is 0 Å². The van der Waals surface area contributed by atoms with Crippen LogP contribution in [0.25, 0.3) is 5.82 Å². The first-order valence-electron chi connectivity index (χ1n) is 9.34. The van der Waals surface area contributed by atoms with Gasteiger partial charge in [0.15, 0.2) is 17.3 Å². The molecule has 0 radical (unpaired) electrons. The third-order valence-electron chi connectivity index (χ3n) is 4.49. The predicted molar refractivity (Wildman–Crippen MR) is 104 cm³/mol. The summed E-state index contributed by atoms with van der Waals surface area (Å²) in [7, 11) is -4.19. The molecule has 1 N–H and O–H groups in total. The van der Waals surface area contributed by atoms with Gasteiger partial charge in [-0.05, 0) is 26.0 Å². The Morgan fingerprint density at radius 3 is 2.38 bits per heavy atom. The number of sulfonamides is 1. The largest absolute Gasteiger partial charge is 0.436 e. The van der Waals surface area contributed by atoms with Crippen LogP contribution < -0.4 is 9.62 Å². The third-order valence-corrected chi connectivity index (χ3v) is 5.90. The Morgan fingerprint density at radius 2 is 1.91 bits per heavy atom. The summed E-state index contributed by atoms with van der Waals surface area (Å²) < 4.78 is 73.3. The molecular weight excluding hydrogens is 453 g/mol. The van der Waals surface area contributed by atoms with Crippen molar-refractivity contribution in [1.82, 2.24) is 19.5 Å². The number of ether oxygens (including phenoxy) is 1. The number of amides is 1. The molecule has 2 aromatic rings. The van der Waals surface area contributed by atoms with E-state index in [0.29, 0.717) is 0 Å². The van der Waals surface area contributed by atoms with Gasteiger partial charge >= 0.3 is 6.18 Å². The highest BCUT2D eigenvalue weighted by Gasteiger charge is 2.42. The van der Waals surface area contributed by atoms with E-state index in [1.54, 1.807) is 29.5 Å². The number of hydrogen-bond acceptors (Lipinski definition) is 8. The van der Waals surface area contributed by atoms with Gasteiger partial charge in [0.2, 0.25) is 5.91 Å². The van der Waals surface area contributed by atoms with Crippen molar-refractivity contribution in [2.45, 2.75) is 44.1 Å². The minimum Gasteiger partial charge on any atom is -0.372 e. The van der Waals surface area contributed by atoms with Crippen molar-refractivity contribution in [3.05, 3.63) is 29.6 Å². The molecule has 1 aliphatic heterocycles. The number of carbonyl (C=O) groups is 1. The number of nitrogens with one attached hydrogen (secondary N) is 1. The first kappa shape index (κ1) is 23.5. The molecule has 1 fully saturated rings. The van der Waals surface area contributed by atoms with Crippen molar-refractivity contribution >= 4 is 21.7 Å². The Balaban J connectivity index is 2.15. The number of anilines is 1. The molecule has 1 amide bonds. The molecule has 2 atom stereocenters. The molecule has 2 aromatic heterocycles. The predicted octanol–water partition coefficient (Wildman–Crippen LogP) is 1.60. The molecule has 0 unspecified atom stereocenters. The molecule has 3 heterocycles. The highest BCUT2D eigenvalue weighted by Crippen LogP contribution is 2.37.